The Morgan fingerprint density at radius 3 is 2.96 bits per heavy atom. The Morgan fingerprint density at radius 1 is 1.40 bits per heavy atom. The second-order valence-electron chi connectivity index (χ2n) is 5.40. The summed E-state index contributed by atoms with van der Waals surface area (Å²) in [5.41, 5.74) is 2.21. The van der Waals surface area contributed by atoms with E-state index in [1.165, 1.54) is 11.3 Å². The minimum absolute atomic E-state index is 0.415. The fraction of sp³-hybridized carbons (Fsp3) is 0.167. The lowest BCUT2D eigenvalue weighted by Crippen LogP contribution is -2.28. The van der Waals surface area contributed by atoms with E-state index >= 15 is 0 Å². The van der Waals surface area contributed by atoms with E-state index in [0.29, 0.717) is 17.0 Å². The Kier molecular flexibility index (Phi) is 4.82. The average molecular weight is 353 g/mol. The van der Waals surface area contributed by atoms with Crippen LogP contribution in [0, 0.1) is 11.3 Å². The Bertz CT molecular complexity index is 962. The highest BCUT2D eigenvalue weighted by atomic mass is 32.1. The van der Waals surface area contributed by atoms with Crippen molar-refractivity contribution in [2.75, 3.05) is 7.11 Å². The number of hydrogen-bond donors (Lipinski definition) is 2. The van der Waals surface area contributed by atoms with Crippen molar-refractivity contribution in [3.8, 4) is 11.8 Å². The molecule has 0 fully saturated rings. The third-order valence-electron chi connectivity index (χ3n) is 3.70. The number of thiazole rings is 1. The standard InChI is InChI=1S/C18H15N3O3S/c1-24-13-5-6-14-16(9-13)25-17(20-14)15(21-18(22)23)8-11-3-2-4-12(7-11)10-19/h2-7,9,15,21H,8H2,1H3,(H,22,23). The number of nitriles is 1. The molecule has 1 aromatic heterocycles. The van der Waals surface area contributed by atoms with Crippen molar-refractivity contribution < 1.29 is 14.6 Å². The molecule has 1 unspecified atom stereocenters. The van der Waals surface area contributed by atoms with Crippen LogP contribution < -0.4 is 10.1 Å². The molecule has 0 aliphatic heterocycles. The second kappa shape index (κ2) is 7.20. The molecule has 0 saturated heterocycles. The van der Waals surface area contributed by atoms with E-state index in [4.69, 9.17) is 10.00 Å². The van der Waals surface area contributed by atoms with Gasteiger partial charge in [0.15, 0.2) is 0 Å². The number of ether oxygens (including phenoxy) is 1. The zero-order chi connectivity index (χ0) is 17.8. The molecular formula is C18H15N3O3S. The number of hydrogen-bond acceptors (Lipinski definition) is 5. The molecule has 0 radical (unpaired) electrons. The quantitative estimate of drug-likeness (QED) is 0.729. The van der Waals surface area contributed by atoms with Gasteiger partial charge in [-0.05, 0) is 42.3 Å². The molecule has 3 aromatic rings. The highest BCUT2D eigenvalue weighted by Crippen LogP contribution is 2.31. The molecule has 2 aromatic carbocycles. The summed E-state index contributed by atoms with van der Waals surface area (Å²) in [6.07, 6.45) is -0.697. The second-order valence-corrected chi connectivity index (χ2v) is 6.47. The molecule has 7 heteroatoms. The third-order valence-corrected chi connectivity index (χ3v) is 4.84. The molecule has 1 heterocycles. The van der Waals surface area contributed by atoms with Gasteiger partial charge in [-0.2, -0.15) is 5.26 Å². The predicted octanol–water partition coefficient (Wildman–Crippen LogP) is 3.73. The van der Waals surface area contributed by atoms with E-state index in [0.717, 1.165) is 21.5 Å². The first-order valence-electron chi connectivity index (χ1n) is 7.52. The average Bonchev–Trinajstić information content (AvgIpc) is 3.04. The minimum Gasteiger partial charge on any atom is -0.497 e. The van der Waals surface area contributed by atoms with Crippen LogP contribution in [0.1, 0.15) is 22.2 Å². The smallest absolute Gasteiger partial charge is 0.405 e. The first-order valence-corrected chi connectivity index (χ1v) is 8.33. The SMILES string of the molecule is COc1ccc2nc(C(Cc3cccc(C#N)c3)NC(=O)O)sc2c1. The normalized spacial score (nSPS) is 11.7. The summed E-state index contributed by atoms with van der Waals surface area (Å²) in [6, 6.07) is 14.3. The summed E-state index contributed by atoms with van der Waals surface area (Å²) in [5, 5.41) is 21.4. The van der Waals surface area contributed by atoms with Crippen LogP contribution in [0.25, 0.3) is 10.2 Å². The van der Waals surface area contributed by atoms with Gasteiger partial charge in [-0.15, -0.1) is 11.3 Å². The third kappa shape index (κ3) is 3.87. The molecule has 0 bridgehead atoms. The van der Waals surface area contributed by atoms with Crippen LogP contribution in [0.5, 0.6) is 5.75 Å². The zero-order valence-electron chi connectivity index (χ0n) is 13.4. The molecular weight excluding hydrogens is 338 g/mol. The van der Waals surface area contributed by atoms with Gasteiger partial charge in [0.25, 0.3) is 0 Å². The number of nitrogens with one attached hydrogen (secondary N) is 1. The molecule has 6 nitrogen and oxygen atoms in total. The van der Waals surface area contributed by atoms with Crippen LogP contribution in [0.4, 0.5) is 4.79 Å². The van der Waals surface area contributed by atoms with E-state index in [-0.39, 0.29) is 0 Å². The number of aromatic nitrogens is 1. The van der Waals surface area contributed by atoms with Crippen molar-refractivity contribution in [2.24, 2.45) is 0 Å². The van der Waals surface area contributed by atoms with Crippen molar-refractivity contribution in [1.29, 1.82) is 5.26 Å². The zero-order valence-corrected chi connectivity index (χ0v) is 14.2. The van der Waals surface area contributed by atoms with Crippen LogP contribution in [-0.4, -0.2) is 23.3 Å². The largest absolute Gasteiger partial charge is 0.497 e. The van der Waals surface area contributed by atoms with Gasteiger partial charge in [-0.1, -0.05) is 12.1 Å². The molecule has 0 saturated carbocycles. The van der Waals surface area contributed by atoms with Gasteiger partial charge in [0.05, 0.1) is 35.0 Å². The summed E-state index contributed by atoms with van der Waals surface area (Å²) in [6.45, 7) is 0. The molecule has 0 aliphatic carbocycles. The lowest BCUT2D eigenvalue weighted by molar-refractivity contribution is 0.190. The number of carbonyl (C=O) groups is 1. The van der Waals surface area contributed by atoms with Gasteiger partial charge in [-0.25, -0.2) is 9.78 Å². The van der Waals surface area contributed by atoms with Gasteiger partial charge in [0.2, 0.25) is 0 Å². The van der Waals surface area contributed by atoms with Crippen molar-refractivity contribution in [3.63, 3.8) is 0 Å². The number of amides is 1. The Balaban J connectivity index is 1.94. The van der Waals surface area contributed by atoms with E-state index in [1.807, 2.05) is 24.3 Å². The molecule has 1 amide bonds. The molecule has 0 spiro atoms. The van der Waals surface area contributed by atoms with Crippen LogP contribution >= 0.6 is 11.3 Å². The highest BCUT2D eigenvalue weighted by Gasteiger charge is 2.19. The Morgan fingerprint density at radius 2 is 2.24 bits per heavy atom. The summed E-state index contributed by atoms with van der Waals surface area (Å²) in [5.74, 6) is 0.729. The summed E-state index contributed by atoms with van der Waals surface area (Å²) >= 11 is 1.42. The number of nitrogens with zero attached hydrogens (tertiary/aromatic N) is 2. The van der Waals surface area contributed by atoms with E-state index < -0.39 is 12.1 Å². The first-order chi connectivity index (χ1) is 12.1. The number of methoxy groups -OCH3 is 1. The van der Waals surface area contributed by atoms with E-state index in [1.54, 1.807) is 25.3 Å². The lowest BCUT2D eigenvalue weighted by Gasteiger charge is -2.14. The maximum atomic E-state index is 11.2. The topological polar surface area (TPSA) is 95.2 Å². The number of fused-ring (bicyclic) bond motifs is 1. The lowest BCUT2D eigenvalue weighted by atomic mass is 10.0. The molecule has 0 aliphatic rings. The molecule has 1 atom stereocenters. The molecule has 25 heavy (non-hydrogen) atoms. The Labute approximate surface area is 148 Å². The fourth-order valence-electron chi connectivity index (χ4n) is 2.55. The molecule has 3 rings (SSSR count). The van der Waals surface area contributed by atoms with Crippen molar-refractivity contribution >= 4 is 27.6 Å². The van der Waals surface area contributed by atoms with Gasteiger partial charge in [0, 0.05) is 0 Å². The van der Waals surface area contributed by atoms with Crippen molar-refractivity contribution in [2.45, 2.75) is 12.5 Å². The monoisotopic (exact) mass is 353 g/mol. The maximum absolute atomic E-state index is 11.2. The van der Waals surface area contributed by atoms with Crippen molar-refractivity contribution in [1.82, 2.24) is 10.3 Å². The van der Waals surface area contributed by atoms with Gasteiger partial charge in [0.1, 0.15) is 10.8 Å². The van der Waals surface area contributed by atoms with Crippen LogP contribution in [0.15, 0.2) is 42.5 Å². The van der Waals surface area contributed by atoms with Gasteiger partial charge in [-0.3, -0.25) is 0 Å². The minimum atomic E-state index is -1.11. The number of carboxylic acid groups (broad SMARTS) is 1. The van der Waals surface area contributed by atoms with Crippen LogP contribution in [0.3, 0.4) is 0 Å². The van der Waals surface area contributed by atoms with Crippen LogP contribution in [-0.2, 0) is 6.42 Å². The van der Waals surface area contributed by atoms with E-state index in [9.17, 15) is 9.90 Å². The number of benzene rings is 2. The van der Waals surface area contributed by atoms with E-state index in [2.05, 4.69) is 16.4 Å². The fourth-order valence-corrected chi connectivity index (χ4v) is 3.60. The molecule has 2 N–H and O–H groups in total. The molecule has 126 valence electrons. The first kappa shape index (κ1) is 16.7. The maximum Gasteiger partial charge on any atom is 0.405 e. The predicted molar refractivity (Wildman–Crippen MR) is 94.9 cm³/mol. The number of rotatable bonds is 5. The van der Waals surface area contributed by atoms with Gasteiger partial charge < -0.3 is 15.2 Å². The summed E-state index contributed by atoms with van der Waals surface area (Å²) in [7, 11) is 1.60. The Hall–Kier alpha value is -3.11. The highest BCUT2D eigenvalue weighted by molar-refractivity contribution is 7.18. The van der Waals surface area contributed by atoms with Crippen LogP contribution in [0.2, 0.25) is 0 Å². The van der Waals surface area contributed by atoms with Crippen molar-refractivity contribution in [3.05, 3.63) is 58.6 Å². The van der Waals surface area contributed by atoms with Gasteiger partial charge >= 0.3 is 6.09 Å². The summed E-state index contributed by atoms with van der Waals surface area (Å²) in [4.78, 5) is 15.8. The summed E-state index contributed by atoms with van der Waals surface area (Å²) < 4.78 is 6.14.